The maximum Gasteiger partial charge on any atom is 0.261 e. The predicted octanol–water partition coefficient (Wildman–Crippen LogP) is 3.37. The van der Waals surface area contributed by atoms with Crippen molar-refractivity contribution < 1.29 is 14.3 Å². The van der Waals surface area contributed by atoms with Gasteiger partial charge in [-0.2, -0.15) is 16.6 Å². The predicted molar refractivity (Wildman–Crippen MR) is 91.2 cm³/mol. The number of carbonyl (C=O) groups excluding carboxylic acids is 1. The number of likely N-dealkylation sites (tertiary alicyclic amines) is 1. The van der Waals surface area contributed by atoms with E-state index < -0.39 is 0 Å². The highest BCUT2D eigenvalue weighted by Crippen LogP contribution is 2.33. The van der Waals surface area contributed by atoms with Gasteiger partial charge in [0.05, 0.1) is 24.8 Å². The summed E-state index contributed by atoms with van der Waals surface area (Å²) in [5.74, 6) is 0.892. The van der Waals surface area contributed by atoms with E-state index in [9.17, 15) is 4.79 Å². The van der Waals surface area contributed by atoms with Crippen molar-refractivity contribution >= 4 is 17.2 Å². The van der Waals surface area contributed by atoms with Crippen molar-refractivity contribution in [2.45, 2.75) is 18.9 Å². The SMILES string of the molecule is COc1cc(C#N)ccc1OCC(=O)N1CCC[C@H]1c1ccsc1. The van der Waals surface area contributed by atoms with E-state index in [0.29, 0.717) is 17.1 Å². The lowest BCUT2D eigenvalue weighted by molar-refractivity contribution is -0.134. The molecule has 1 saturated heterocycles. The molecule has 0 aliphatic carbocycles. The summed E-state index contributed by atoms with van der Waals surface area (Å²) in [4.78, 5) is 14.4. The molecule has 0 saturated carbocycles. The lowest BCUT2D eigenvalue weighted by Crippen LogP contribution is -2.34. The first kappa shape index (κ1) is 16.3. The second-order valence-corrected chi connectivity index (χ2v) is 6.35. The highest BCUT2D eigenvalue weighted by Gasteiger charge is 2.30. The fourth-order valence-electron chi connectivity index (χ4n) is 2.96. The molecule has 124 valence electrons. The van der Waals surface area contributed by atoms with Gasteiger partial charge in [-0.1, -0.05) is 0 Å². The molecule has 0 bridgehead atoms. The molecule has 1 amide bonds. The Kier molecular flexibility index (Phi) is 5.02. The summed E-state index contributed by atoms with van der Waals surface area (Å²) in [5, 5.41) is 13.1. The van der Waals surface area contributed by atoms with Crippen LogP contribution in [0.25, 0.3) is 0 Å². The van der Waals surface area contributed by atoms with Gasteiger partial charge >= 0.3 is 0 Å². The maximum absolute atomic E-state index is 12.6. The molecule has 1 aliphatic heterocycles. The second-order valence-electron chi connectivity index (χ2n) is 5.57. The molecule has 0 unspecified atom stereocenters. The molecule has 5 nitrogen and oxygen atoms in total. The zero-order chi connectivity index (χ0) is 16.9. The fraction of sp³-hybridized carbons (Fsp3) is 0.333. The van der Waals surface area contributed by atoms with Crippen LogP contribution >= 0.6 is 11.3 Å². The highest BCUT2D eigenvalue weighted by molar-refractivity contribution is 7.07. The third-order valence-electron chi connectivity index (χ3n) is 4.14. The number of nitrogens with zero attached hydrogens (tertiary/aromatic N) is 2. The summed E-state index contributed by atoms with van der Waals surface area (Å²) in [6, 6.07) is 9.18. The van der Waals surface area contributed by atoms with Crippen molar-refractivity contribution in [3.05, 3.63) is 46.2 Å². The Morgan fingerprint density at radius 3 is 3.00 bits per heavy atom. The number of ether oxygens (including phenoxy) is 2. The topological polar surface area (TPSA) is 62.6 Å². The number of carbonyl (C=O) groups is 1. The van der Waals surface area contributed by atoms with Crippen LogP contribution in [-0.4, -0.2) is 31.1 Å². The van der Waals surface area contributed by atoms with Crippen molar-refractivity contribution in [3.63, 3.8) is 0 Å². The lowest BCUT2D eigenvalue weighted by Gasteiger charge is -2.24. The molecule has 2 heterocycles. The molecule has 0 spiro atoms. The molecule has 3 rings (SSSR count). The van der Waals surface area contributed by atoms with E-state index in [4.69, 9.17) is 14.7 Å². The van der Waals surface area contributed by atoms with E-state index in [1.54, 1.807) is 29.5 Å². The van der Waals surface area contributed by atoms with Crippen molar-refractivity contribution in [2.24, 2.45) is 0 Å². The van der Waals surface area contributed by atoms with Gasteiger partial charge in [0.1, 0.15) is 0 Å². The number of amides is 1. The molecule has 1 aromatic heterocycles. The molecule has 2 aromatic rings. The first-order valence-electron chi connectivity index (χ1n) is 7.75. The molecule has 24 heavy (non-hydrogen) atoms. The Balaban J connectivity index is 1.66. The second kappa shape index (κ2) is 7.37. The number of methoxy groups -OCH3 is 1. The van der Waals surface area contributed by atoms with E-state index in [1.165, 1.54) is 12.7 Å². The average molecular weight is 342 g/mol. The number of thiophene rings is 1. The average Bonchev–Trinajstić information content (AvgIpc) is 3.30. The van der Waals surface area contributed by atoms with Crippen LogP contribution in [0.3, 0.4) is 0 Å². The number of rotatable bonds is 5. The Morgan fingerprint density at radius 1 is 1.42 bits per heavy atom. The van der Waals surface area contributed by atoms with E-state index in [2.05, 4.69) is 17.5 Å². The summed E-state index contributed by atoms with van der Waals surface area (Å²) >= 11 is 1.65. The van der Waals surface area contributed by atoms with E-state index in [-0.39, 0.29) is 18.6 Å². The van der Waals surface area contributed by atoms with Crippen LogP contribution in [0.4, 0.5) is 0 Å². The van der Waals surface area contributed by atoms with Crippen LogP contribution in [0.15, 0.2) is 35.0 Å². The Morgan fingerprint density at radius 2 is 2.29 bits per heavy atom. The zero-order valence-corrected chi connectivity index (χ0v) is 14.2. The van der Waals surface area contributed by atoms with E-state index in [0.717, 1.165) is 19.4 Å². The van der Waals surface area contributed by atoms with E-state index in [1.807, 2.05) is 10.3 Å². The highest BCUT2D eigenvalue weighted by atomic mass is 32.1. The van der Waals surface area contributed by atoms with Gasteiger partial charge in [-0.15, -0.1) is 0 Å². The molecule has 1 atom stereocenters. The summed E-state index contributed by atoms with van der Waals surface area (Å²) in [6.45, 7) is 0.718. The van der Waals surface area contributed by atoms with Crippen molar-refractivity contribution in [2.75, 3.05) is 20.3 Å². The molecule has 6 heteroatoms. The van der Waals surface area contributed by atoms with Crippen molar-refractivity contribution in [3.8, 4) is 17.6 Å². The maximum atomic E-state index is 12.6. The fourth-order valence-corrected chi connectivity index (χ4v) is 3.66. The largest absolute Gasteiger partial charge is 0.493 e. The van der Waals surface area contributed by atoms with Crippen LogP contribution in [0, 0.1) is 11.3 Å². The summed E-state index contributed by atoms with van der Waals surface area (Å²) in [7, 11) is 1.51. The van der Waals surface area contributed by atoms with Gasteiger partial charge in [0.2, 0.25) is 0 Å². The number of hydrogen-bond acceptors (Lipinski definition) is 5. The van der Waals surface area contributed by atoms with Crippen LogP contribution in [-0.2, 0) is 4.79 Å². The minimum Gasteiger partial charge on any atom is -0.493 e. The van der Waals surface area contributed by atoms with Gasteiger partial charge in [0, 0.05) is 12.6 Å². The molecule has 1 fully saturated rings. The molecule has 0 N–H and O–H groups in total. The summed E-state index contributed by atoms with van der Waals surface area (Å²) in [6.07, 6.45) is 2.00. The molecule has 1 aliphatic rings. The van der Waals surface area contributed by atoms with Crippen LogP contribution < -0.4 is 9.47 Å². The molecular formula is C18H18N2O3S. The summed E-state index contributed by atoms with van der Waals surface area (Å²) < 4.78 is 10.9. The van der Waals surface area contributed by atoms with Crippen LogP contribution in [0.1, 0.15) is 30.0 Å². The Bertz CT molecular complexity index is 752. The van der Waals surface area contributed by atoms with Crippen LogP contribution in [0.5, 0.6) is 11.5 Å². The number of benzene rings is 1. The smallest absolute Gasteiger partial charge is 0.261 e. The van der Waals surface area contributed by atoms with Gasteiger partial charge in [0.25, 0.3) is 5.91 Å². The van der Waals surface area contributed by atoms with Crippen molar-refractivity contribution in [1.29, 1.82) is 5.26 Å². The number of hydrogen-bond donors (Lipinski definition) is 0. The van der Waals surface area contributed by atoms with Gasteiger partial charge in [0.15, 0.2) is 18.1 Å². The summed E-state index contributed by atoms with van der Waals surface area (Å²) in [5.41, 5.74) is 1.68. The third kappa shape index (κ3) is 3.36. The monoisotopic (exact) mass is 342 g/mol. The van der Waals surface area contributed by atoms with Gasteiger partial charge in [-0.05, 0) is 47.4 Å². The Labute approximate surface area is 145 Å². The van der Waals surface area contributed by atoms with Gasteiger partial charge in [-0.3, -0.25) is 4.79 Å². The Hall–Kier alpha value is -2.52. The quantitative estimate of drug-likeness (QED) is 0.836. The molecule has 0 radical (unpaired) electrons. The van der Waals surface area contributed by atoms with Crippen molar-refractivity contribution in [1.82, 2.24) is 4.90 Å². The number of nitriles is 1. The standard InChI is InChI=1S/C18H18N2O3S/c1-22-17-9-13(10-19)4-5-16(17)23-11-18(21)20-7-2-3-15(20)14-6-8-24-12-14/h4-6,8-9,12,15H,2-3,7,11H2,1H3/t15-/m0/s1. The van der Waals surface area contributed by atoms with E-state index >= 15 is 0 Å². The first-order chi connectivity index (χ1) is 11.7. The minimum absolute atomic E-state index is 0.0323. The first-order valence-corrected chi connectivity index (χ1v) is 8.69. The normalized spacial score (nSPS) is 16.7. The van der Waals surface area contributed by atoms with Crippen LogP contribution in [0.2, 0.25) is 0 Å². The third-order valence-corrected chi connectivity index (χ3v) is 4.85. The molecular weight excluding hydrogens is 324 g/mol. The zero-order valence-electron chi connectivity index (χ0n) is 13.4. The lowest BCUT2D eigenvalue weighted by atomic mass is 10.1. The van der Waals surface area contributed by atoms with Gasteiger partial charge in [-0.25, -0.2) is 0 Å². The molecule has 1 aromatic carbocycles. The minimum atomic E-state index is -0.0388. The van der Waals surface area contributed by atoms with Gasteiger partial charge < -0.3 is 14.4 Å².